The van der Waals surface area contributed by atoms with Crippen molar-refractivity contribution in [1.82, 2.24) is 15.3 Å². The van der Waals surface area contributed by atoms with Crippen LogP contribution in [0.15, 0.2) is 197 Å². The predicted octanol–water partition coefficient (Wildman–Crippen LogP) is 12.4. The fourth-order valence-corrected chi connectivity index (χ4v) is 9.71. The summed E-state index contributed by atoms with van der Waals surface area (Å²) >= 11 is 0. The van der Waals surface area contributed by atoms with Gasteiger partial charge in [0.25, 0.3) is 0 Å². The van der Waals surface area contributed by atoms with Crippen molar-refractivity contribution in [3.8, 4) is 45.0 Å². The van der Waals surface area contributed by atoms with Crippen LogP contribution in [0, 0.1) is 11.8 Å². The van der Waals surface area contributed by atoms with Gasteiger partial charge in [0, 0.05) is 39.9 Å². The Labute approximate surface area is 346 Å². The summed E-state index contributed by atoms with van der Waals surface area (Å²) in [5.74, 6) is 1.24. The molecule has 59 heavy (non-hydrogen) atoms. The van der Waals surface area contributed by atoms with E-state index in [0.29, 0.717) is 5.92 Å². The normalized spacial score (nSPS) is 23.2. The van der Waals surface area contributed by atoms with Crippen molar-refractivity contribution >= 4 is 11.3 Å². The van der Waals surface area contributed by atoms with Gasteiger partial charge in [0.15, 0.2) is 12.1 Å². The van der Waals surface area contributed by atoms with Crippen molar-refractivity contribution in [3.05, 3.63) is 198 Å². The first-order chi connectivity index (χ1) is 29.2. The number of benzene rings is 4. The smallest absolute Gasteiger partial charge is 0.160 e. The van der Waals surface area contributed by atoms with Crippen LogP contribution in [-0.2, 0) is 4.74 Å². The molecule has 2 aliphatic heterocycles. The van der Waals surface area contributed by atoms with Crippen LogP contribution in [-0.4, -0.2) is 28.0 Å². The molecule has 0 saturated carbocycles. The van der Waals surface area contributed by atoms with Crippen molar-refractivity contribution in [2.24, 2.45) is 16.8 Å². The van der Waals surface area contributed by atoms with Crippen LogP contribution >= 0.6 is 0 Å². The van der Waals surface area contributed by atoms with E-state index in [2.05, 4.69) is 145 Å². The quantitative estimate of drug-likeness (QED) is 0.179. The second-order valence-corrected chi connectivity index (χ2v) is 16.4. The first-order valence-electron chi connectivity index (χ1n) is 21.3. The topological polar surface area (TPSA) is 59.4 Å². The Bertz CT molecular complexity index is 2620. The Kier molecular flexibility index (Phi) is 9.32. The van der Waals surface area contributed by atoms with Crippen LogP contribution in [0.1, 0.15) is 50.5 Å². The van der Waals surface area contributed by atoms with E-state index < -0.39 is 0 Å². The molecule has 1 aromatic heterocycles. The summed E-state index contributed by atoms with van der Waals surface area (Å²) in [6.07, 6.45) is 25.9. The zero-order chi connectivity index (χ0) is 39.1. The monoisotopic (exact) mass is 766 g/mol. The standard InChI is InChI=1S/C54H46N4O/c1-5-13-38(14-6-1)47-34-48(57-53(56-47)41-17-9-3-10-18-41)39-27-25-36(26-28-39)35-21-23-37(24-22-35)43-29-31-46-45(33-43)50-44(51(55-46)40-15-7-2-8-16-40)30-32-49-52(50)58-54(59-49)42-19-11-4-12-20-42/h1,3,5-7,9-11,13-29,31,34,44-45,49,54,58H,2,4,8,12,30,32-33H2. The van der Waals surface area contributed by atoms with E-state index in [1.54, 1.807) is 0 Å². The highest BCUT2D eigenvalue weighted by Crippen LogP contribution is 2.50. The summed E-state index contributed by atoms with van der Waals surface area (Å²) in [7, 11) is 0. The molecular weight excluding hydrogens is 721 g/mol. The average molecular weight is 767 g/mol. The molecule has 4 aromatic carbocycles. The molecule has 1 N–H and O–H groups in total. The van der Waals surface area contributed by atoms with E-state index in [4.69, 9.17) is 19.7 Å². The molecule has 1 saturated heterocycles. The summed E-state index contributed by atoms with van der Waals surface area (Å²) < 4.78 is 6.76. The number of allylic oxidation sites excluding steroid dienone is 10. The van der Waals surface area contributed by atoms with Crippen LogP contribution in [0.25, 0.3) is 50.6 Å². The molecule has 5 heteroatoms. The van der Waals surface area contributed by atoms with Crippen LogP contribution in [0.2, 0.25) is 0 Å². The van der Waals surface area contributed by atoms with Gasteiger partial charge < -0.3 is 10.1 Å². The number of aliphatic imine (C=N–C) groups is 1. The lowest BCUT2D eigenvalue weighted by molar-refractivity contribution is 0.0593. The number of rotatable bonds is 7. The molecule has 0 bridgehead atoms. The van der Waals surface area contributed by atoms with Crippen molar-refractivity contribution in [1.29, 1.82) is 0 Å². The molecule has 0 amide bonds. The molecule has 4 atom stereocenters. The third-order valence-corrected chi connectivity index (χ3v) is 12.7. The molecule has 3 heterocycles. The molecule has 288 valence electrons. The average Bonchev–Trinajstić information content (AvgIpc) is 3.77. The first kappa shape index (κ1) is 35.7. The second-order valence-electron chi connectivity index (χ2n) is 16.4. The minimum absolute atomic E-state index is 0.0824. The molecule has 5 aromatic rings. The minimum Gasteiger partial charge on any atom is -0.358 e. The fraction of sp³-hybridized carbons (Fsp3) is 0.204. The van der Waals surface area contributed by atoms with Crippen LogP contribution < -0.4 is 5.32 Å². The number of fused-ring (bicyclic) bond motifs is 4. The fourth-order valence-electron chi connectivity index (χ4n) is 9.71. The molecule has 6 aliphatic rings. The van der Waals surface area contributed by atoms with E-state index in [9.17, 15) is 0 Å². The summed E-state index contributed by atoms with van der Waals surface area (Å²) in [6.45, 7) is 0. The van der Waals surface area contributed by atoms with Gasteiger partial charge in [0.2, 0.25) is 0 Å². The number of nitrogens with zero attached hydrogens (tertiary/aromatic N) is 3. The summed E-state index contributed by atoms with van der Waals surface area (Å²) in [5.41, 5.74) is 17.7. The summed E-state index contributed by atoms with van der Waals surface area (Å²) in [5, 5.41) is 3.92. The maximum absolute atomic E-state index is 6.76. The maximum Gasteiger partial charge on any atom is 0.160 e. The van der Waals surface area contributed by atoms with Gasteiger partial charge in [-0.2, -0.15) is 0 Å². The van der Waals surface area contributed by atoms with E-state index in [0.717, 1.165) is 78.8 Å². The van der Waals surface area contributed by atoms with Crippen molar-refractivity contribution in [3.63, 3.8) is 0 Å². The van der Waals surface area contributed by atoms with Crippen molar-refractivity contribution in [2.75, 3.05) is 0 Å². The van der Waals surface area contributed by atoms with Gasteiger partial charge in [-0.25, -0.2) is 9.97 Å². The van der Waals surface area contributed by atoms with E-state index in [-0.39, 0.29) is 18.2 Å². The largest absolute Gasteiger partial charge is 0.358 e. The van der Waals surface area contributed by atoms with Crippen molar-refractivity contribution in [2.45, 2.75) is 57.3 Å². The number of hydrogen-bond donors (Lipinski definition) is 1. The Morgan fingerprint density at radius 3 is 1.90 bits per heavy atom. The molecule has 4 aliphatic carbocycles. The SMILES string of the molecule is C1=CC(C2=NC3=CC=C(c4ccc(-c5ccc(-c6cc(-c7ccccc7)nc(-c7ccccc7)n6)cc5)cc4)CC3C3=C4NC(C5=CCCC=C5)OC4CCC23)=CCC1. The highest BCUT2D eigenvalue weighted by atomic mass is 16.5. The molecule has 5 nitrogen and oxygen atoms in total. The highest BCUT2D eigenvalue weighted by molar-refractivity contribution is 6.07. The van der Waals surface area contributed by atoms with Gasteiger partial charge in [0.1, 0.15) is 0 Å². The Hall–Kier alpha value is -6.43. The molecule has 0 radical (unpaired) electrons. The van der Waals surface area contributed by atoms with Crippen LogP contribution in [0.4, 0.5) is 0 Å². The summed E-state index contributed by atoms with van der Waals surface area (Å²) in [6, 6.07) is 40.5. The van der Waals surface area contributed by atoms with Gasteiger partial charge in [-0.15, -0.1) is 0 Å². The number of hydrogen-bond acceptors (Lipinski definition) is 5. The first-order valence-corrected chi connectivity index (χ1v) is 21.3. The number of ether oxygens (including phenoxy) is 1. The Morgan fingerprint density at radius 2 is 1.22 bits per heavy atom. The Balaban J connectivity index is 0.881. The molecule has 4 unspecified atom stereocenters. The van der Waals surface area contributed by atoms with Crippen molar-refractivity contribution < 1.29 is 4.74 Å². The zero-order valence-electron chi connectivity index (χ0n) is 33.1. The predicted molar refractivity (Wildman–Crippen MR) is 240 cm³/mol. The van der Waals surface area contributed by atoms with Crippen LogP contribution in [0.5, 0.6) is 0 Å². The van der Waals surface area contributed by atoms with E-state index >= 15 is 0 Å². The van der Waals surface area contributed by atoms with Gasteiger partial charge in [-0.05, 0) is 96.1 Å². The zero-order valence-corrected chi connectivity index (χ0v) is 33.1. The lowest BCUT2D eigenvalue weighted by Crippen LogP contribution is -2.37. The number of aromatic nitrogens is 2. The second kappa shape index (κ2) is 15.4. The Morgan fingerprint density at radius 1 is 0.576 bits per heavy atom. The van der Waals surface area contributed by atoms with Gasteiger partial charge in [-0.1, -0.05) is 152 Å². The lowest BCUT2D eigenvalue weighted by atomic mass is 9.68. The lowest BCUT2D eigenvalue weighted by Gasteiger charge is -2.41. The minimum atomic E-state index is -0.0824. The maximum atomic E-state index is 6.76. The van der Waals surface area contributed by atoms with E-state index in [1.807, 2.05) is 24.3 Å². The van der Waals surface area contributed by atoms with E-state index in [1.165, 1.54) is 56.1 Å². The highest BCUT2D eigenvalue weighted by Gasteiger charge is 2.46. The summed E-state index contributed by atoms with van der Waals surface area (Å²) in [4.78, 5) is 15.5. The molecule has 0 spiro atoms. The third-order valence-electron chi connectivity index (χ3n) is 12.7. The number of nitrogens with one attached hydrogen (secondary N) is 1. The third kappa shape index (κ3) is 6.89. The van der Waals surface area contributed by atoms with Gasteiger partial charge in [-0.3, -0.25) is 4.99 Å². The van der Waals surface area contributed by atoms with Gasteiger partial charge in [0.05, 0.1) is 23.2 Å². The molecular formula is C54H46N4O. The van der Waals surface area contributed by atoms with Crippen LogP contribution in [0.3, 0.4) is 0 Å². The van der Waals surface area contributed by atoms with Gasteiger partial charge >= 0.3 is 0 Å². The molecule has 1 fully saturated rings. The molecule has 11 rings (SSSR count).